The van der Waals surface area contributed by atoms with Crippen molar-refractivity contribution in [3.8, 4) is 0 Å². The first-order chi connectivity index (χ1) is 3.88. The van der Waals surface area contributed by atoms with Gasteiger partial charge < -0.3 is 4.74 Å². The van der Waals surface area contributed by atoms with Gasteiger partial charge in [0.1, 0.15) is 0 Å². The fraction of sp³-hybridized carbons (Fsp3) is 1.00. The standard InChI is InChI=1S/C5H8INO/c6-7-2-1-5-4(7)3-8-5/h4-5H,1-3H2. The maximum Gasteiger partial charge on any atom is 0.0774 e. The van der Waals surface area contributed by atoms with Gasteiger partial charge in [0.15, 0.2) is 0 Å². The lowest BCUT2D eigenvalue weighted by molar-refractivity contribution is -0.0745. The summed E-state index contributed by atoms with van der Waals surface area (Å²) in [6.45, 7) is 2.18. The molecule has 2 atom stereocenters. The number of hydrogen-bond donors (Lipinski definition) is 0. The number of halogens is 1. The van der Waals surface area contributed by atoms with Gasteiger partial charge in [-0.2, -0.15) is 0 Å². The van der Waals surface area contributed by atoms with E-state index in [0.29, 0.717) is 6.10 Å². The first-order valence-corrected chi connectivity index (χ1v) is 3.88. The lowest BCUT2D eigenvalue weighted by atomic mass is 10.1. The summed E-state index contributed by atoms with van der Waals surface area (Å²) in [7, 11) is 0. The van der Waals surface area contributed by atoms with Gasteiger partial charge in [0.25, 0.3) is 0 Å². The summed E-state index contributed by atoms with van der Waals surface area (Å²) in [5.41, 5.74) is 0. The van der Waals surface area contributed by atoms with Gasteiger partial charge in [-0.3, -0.25) is 0 Å². The van der Waals surface area contributed by atoms with Crippen LogP contribution in [0.15, 0.2) is 0 Å². The Balaban J connectivity index is 2.05. The van der Waals surface area contributed by atoms with Crippen LogP contribution in [-0.4, -0.2) is 28.4 Å². The Hall–Kier alpha value is 0.650. The molecule has 0 radical (unpaired) electrons. The molecule has 0 aromatic rings. The molecule has 0 aliphatic carbocycles. The number of hydrogen-bond acceptors (Lipinski definition) is 2. The first kappa shape index (κ1) is 5.44. The van der Waals surface area contributed by atoms with E-state index in [0.717, 1.165) is 12.6 Å². The fourth-order valence-corrected chi connectivity index (χ4v) is 2.07. The number of nitrogens with zero attached hydrogens (tertiary/aromatic N) is 1. The number of rotatable bonds is 0. The van der Waals surface area contributed by atoms with E-state index in [2.05, 4.69) is 26.0 Å². The molecule has 2 nitrogen and oxygen atoms in total. The van der Waals surface area contributed by atoms with Crippen LogP contribution < -0.4 is 0 Å². The molecule has 0 aromatic heterocycles. The van der Waals surface area contributed by atoms with Crippen LogP contribution in [0.2, 0.25) is 0 Å². The van der Waals surface area contributed by atoms with Gasteiger partial charge >= 0.3 is 0 Å². The summed E-state index contributed by atoms with van der Waals surface area (Å²) >= 11 is 2.38. The van der Waals surface area contributed by atoms with Crippen LogP contribution in [0.25, 0.3) is 0 Å². The van der Waals surface area contributed by atoms with Crippen LogP contribution in [0, 0.1) is 0 Å². The van der Waals surface area contributed by atoms with Crippen molar-refractivity contribution >= 4 is 22.9 Å². The van der Waals surface area contributed by atoms with Crippen molar-refractivity contribution in [3.05, 3.63) is 0 Å². The van der Waals surface area contributed by atoms with Crippen molar-refractivity contribution in [2.75, 3.05) is 13.2 Å². The minimum atomic E-state index is 0.590. The predicted octanol–water partition coefficient (Wildman–Crippen LogP) is 0.809. The molecule has 2 heterocycles. The first-order valence-electron chi connectivity index (χ1n) is 2.92. The molecule has 2 saturated heterocycles. The molecule has 2 aliphatic rings. The van der Waals surface area contributed by atoms with Crippen LogP contribution in [0.1, 0.15) is 6.42 Å². The topological polar surface area (TPSA) is 12.5 Å². The average molecular weight is 225 g/mol. The van der Waals surface area contributed by atoms with Gasteiger partial charge in [-0.15, -0.1) is 0 Å². The Labute approximate surface area is 62.7 Å². The zero-order valence-corrected chi connectivity index (χ0v) is 6.67. The fourth-order valence-electron chi connectivity index (χ4n) is 1.27. The highest BCUT2D eigenvalue weighted by molar-refractivity contribution is 14.1. The molecular weight excluding hydrogens is 217 g/mol. The maximum atomic E-state index is 5.28. The summed E-state index contributed by atoms with van der Waals surface area (Å²) in [6, 6.07) is 0.760. The van der Waals surface area contributed by atoms with Crippen molar-refractivity contribution in [1.82, 2.24) is 3.11 Å². The lowest BCUT2D eigenvalue weighted by Crippen LogP contribution is -2.45. The second-order valence-electron chi connectivity index (χ2n) is 2.35. The molecule has 2 fully saturated rings. The molecule has 8 heavy (non-hydrogen) atoms. The minimum absolute atomic E-state index is 0.590. The van der Waals surface area contributed by atoms with Crippen molar-refractivity contribution in [3.63, 3.8) is 0 Å². The van der Waals surface area contributed by atoms with Gasteiger partial charge in [-0.1, -0.05) is 0 Å². The highest BCUT2D eigenvalue weighted by Crippen LogP contribution is 2.31. The van der Waals surface area contributed by atoms with E-state index >= 15 is 0 Å². The van der Waals surface area contributed by atoms with E-state index in [1.165, 1.54) is 13.0 Å². The van der Waals surface area contributed by atoms with E-state index in [1.54, 1.807) is 0 Å². The highest BCUT2D eigenvalue weighted by Gasteiger charge is 2.40. The molecule has 2 rings (SSSR count). The Morgan fingerprint density at radius 1 is 1.62 bits per heavy atom. The second-order valence-corrected chi connectivity index (χ2v) is 3.59. The molecule has 2 aliphatic heterocycles. The third-order valence-corrected chi connectivity index (χ3v) is 3.10. The van der Waals surface area contributed by atoms with E-state index in [4.69, 9.17) is 4.74 Å². The molecule has 46 valence electrons. The molecule has 2 unspecified atom stereocenters. The highest BCUT2D eigenvalue weighted by atomic mass is 127. The molecule has 0 spiro atoms. The lowest BCUT2D eigenvalue weighted by Gasteiger charge is -2.32. The third kappa shape index (κ3) is 0.610. The third-order valence-electron chi connectivity index (χ3n) is 1.90. The molecular formula is C5H8INO. The number of ether oxygens (including phenoxy) is 1. The van der Waals surface area contributed by atoms with Gasteiger partial charge in [0.2, 0.25) is 0 Å². The molecule has 0 saturated carbocycles. The summed E-state index contributed by atoms with van der Waals surface area (Å²) in [4.78, 5) is 0. The molecule has 0 aromatic carbocycles. The van der Waals surface area contributed by atoms with Gasteiger partial charge in [0, 0.05) is 29.4 Å². The van der Waals surface area contributed by atoms with Crippen LogP contribution >= 0.6 is 22.9 Å². The van der Waals surface area contributed by atoms with Gasteiger partial charge in [-0.25, -0.2) is 3.11 Å². The van der Waals surface area contributed by atoms with Crippen molar-refractivity contribution in [1.29, 1.82) is 0 Å². The largest absolute Gasteiger partial charge is 0.375 e. The van der Waals surface area contributed by atoms with Crippen molar-refractivity contribution < 1.29 is 4.74 Å². The van der Waals surface area contributed by atoms with Gasteiger partial charge in [-0.05, 0) is 6.42 Å². The minimum Gasteiger partial charge on any atom is -0.375 e. The Morgan fingerprint density at radius 2 is 2.50 bits per heavy atom. The van der Waals surface area contributed by atoms with Crippen LogP contribution in [0.5, 0.6) is 0 Å². The van der Waals surface area contributed by atoms with E-state index in [1.807, 2.05) is 0 Å². The number of fused-ring (bicyclic) bond motifs is 1. The maximum absolute atomic E-state index is 5.28. The second kappa shape index (κ2) is 1.82. The van der Waals surface area contributed by atoms with Crippen LogP contribution in [0.4, 0.5) is 0 Å². The molecule has 0 N–H and O–H groups in total. The van der Waals surface area contributed by atoms with E-state index in [-0.39, 0.29) is 0 Å². The van der Waals surface area contributed by atoms with Crippen LogP contribution in [0.3, 0.4) is 0 Å². The Morgan fingerprint density at radius 3 is 2.75 bits per heavy atom. The normalized spacial score (nSPS) is 46.1. The summed E-state index contributed by atoms with van der Waals surface area (Å²) < 4.78 is 7.63. The van der Waals surface area contributed by atoms with E-state index < -0.39 is 0 Å². The average Bonchev–Trinajstić information content (AvgIpc) is 1.80. The van der Waals surface area contributed by atoms with E-state index in [9.17, 15) is 0 Å². The van der Waals surface area contributed by atoms with Crippen molar-refractivity contribution in [2.24, 2.45) is 0 Å². The van der Waals surface area contributed by atoms with Crippen LogP contribution in [-0.2, 0) is 4.74 Å². The Bertz CT molecular complexity index is 103. The molecule has 0 bridgehead atoms. The Kier molecular flexibility index (Phi) is 1.23. The summed E-state index contributed by atoms with van der Waals surface area (Å²) in [5.74, 6) is 0. The van der Waals surface area contributed by atoms with Crippen molar-refractivity contribution in [2.45, 2.75) is 18.6 Å². The smallest absolute Gasteiger partial charge is 0.0774 e. The monoisotopic (exact) mass is 225 g/mol. The molecule has 3 heteroatoms. The zero-order valence-electron chi connectivity index (χ0n) is 4.51. The summed E-state index contributed by atoms with van der Waals surface area (Å²) in [6.07, 6.45) is 1.83. The summed E-state index contributed by atoms with van der Waals surface area (Å²) in [5, 5.41) is 0. The predicted molar refractivity (Wildman–Crippen MR) is 38.9 cm³/mol. The SMILES string of the molecule is IN1CCC2OCC21. The molecule has 0 amide bonds. The van der Waals surface area contributed by atoms with Gasteiger partial charge in [0.05, 0.1) is 18.8 Å². The zero-order chi connectivity index (χ0) is 5.56. The quantitative estimate of drug-likeness (QED) is 0.446.